The van der Waals surface area contributed by atoms with E-state index in [-0.39, 0.29) is 71.2 Å². The van der Waals surface area contributed by atoms with Gasteiger partial charge in [-0.1, -0.05) is 13.3 Å². The van der Waals surface area contributed by atoms with Crippen molar-refractivity contribution in [1.29, 1.82) is 5.26 Å². The van der Waals surface area contributed by atoms with E-state index >= 15 is 4.39 Å². The van der Waals surface area contributed by atoms with Crippen LogP contribution in [-0.4, -0.2) is 50.2 Å². The molecule has 4 aliphatic rings. The first kappa shape index (κ1) is 31.1. The van der Waals surface area contributed by atoms with Gasteiger partial charge in [-0.3, -0.25) is 14.4 Å². The Hall–Kier alpha value is -3.35. The summed E-state index contributed by atoms with van der Waals surface area (Å²) in [5.41, 5.74) is -0.574. The predicted molar refractivity (Wildman–Crippen MR) is 156 cm³/mol. The molecule has 43 heavy (non-hydrogen) atoms. The summed E-state index contributed by atoms with van der Waals surface area (Å²) >= 11 is 0. The Kier molecular flexibility index (Phi) is 9.19. The summed E-state index contributed by atoms with van der Waals surface area (Å²) in [7, 11) is 1.38. The van der Waals surface area contributed by atoms with Gasteiger partial charge >= 0.3 is 5.97 Å². The summed E-state index contributed by atoms with van der Waals surface area (Å²) in [5, 5.41) is 15.6. The van der Waals surface area contributed by atoms with Crippen molar-refractivity contribution in [3.8, 4) is 17.6 Å². The van der Waals surface area contributed by atoms with E-state index in [1.807, 2.05) is 0 Å². The number of methoxy groups -OCH3 is 1. The summed E-state index contributed by atoms with van der Waals surface area (Å²) < 4.78 is 31.8. The van der Waals surface area contributed by atoms with Gasteiger partial charge in [0.25, 0.3) is 5.91 Å². The van der Waals surface area contributed by atoms with E-state index in [4.69, 9.17) is 14.2 Å². The minimum Gasteiger partial charge on any atom is -0.496 e. The molecule has 0 heterocycles. The highest BCUT2D eigenvalue weighted by Gasteiger charge is 2.52. The highest BCUT2D eigenvalue weighted by molar-refractivity contribution is 5.98. The fourth-order valence-electron chi connectivity index (χ4n) is 7.78. The molecule has 1 aromatic carbocycles. The summed E-state index contributed by atoms with van der Waals surface area (Å²) in [5.74, 6) is -1.27. The zero-order valence-corrected chi connectivity index (χ0v) is 25.5. The lowest BCUT2D eigenvalue weighted by Gasteiger charge is -2.39. The van der Waals surface area contributed by atoms with Gasteiger partial charge in [-0.15, -0.1) is 0 Å². The van der Waals surface area contributed by atoms with Crippen LogP contribution < -0.4 is 20.1 Å². The third kappa shape index (κ3) is 6.32. The van der Waals surface area contributed by atoms with Crippen molar-refractivity contribution in [2.75, 3.05) is 20.3 Å². The van der Waals surface area contributed by atoms with E-state index in [0.717, 1.165) is 38.2 Å². The minimum atomic E-state index is -0.882. The van der Waals surface area contributed by atoms with Crippen LogP contribution in [0, 0.1) is 45.7 Å². The highest BCUT2D eigenvalue weighted by atomic mass is 19.1. The molecule has 0 spiro atoms. The maximum atomic E-state index is 15.1. The largest absolute Gasteiger partial charge is 0.496 e. The molecule has 4 aliphatic carbocycles. The fourth-order valence-corrected chi connectivity index (χ4v) is 7.78. The normalized spacial score (nSPS) is 30.4. The fraction of sp³-hybridized carbons (Fsp3) is 0.697. The smallest absolute Gasteiger partial charge is 0.313 e. The number of nitriles is 1. The van der Waals surface area contributed by atoms with Crippen molar-refractivity contribution in [1.82, 2.24) is 10.6 Å². The molecule has 1 aromatic rings. The molecule has 2 amide bonds. The molecular formula is C33H44FN3O6. The van der Waals surface area contributed by atoms with Crippen LogP contribution in [0.3, 0.4) is 0 Å². The van der Waals surface area contributed by atoms with E-state index < -0.39 is 23.2 Å². The number of nitrogens with one attached hydrogen (secondary N) is 2. The topological polar surface area (TPSA) is 127 Å². The van der Waals surface area contributed by atoms with Crippen molar-refractivity contribution in [3.63, 3.8) is 0 Å². The van der Waals surface area contributed by atoms with Crippen molar-refractivity contribution < 1.29 is 33.0 Å². The van der Waals surface area contributed by atoms with Gasteiger partial charge in [0.1, 0.15) is 5.75 Å². The molecule has 4 fully saturated rings. The second-order valence-corrected chi connectivity index (χ2v) is 13.4. The number of benzene rings is 1. The number of nitrogens with zero attached hydrogens (tertiary/aromatic N) is 1. The van der Waals surface area contributed by atoms with Crippen LogP contribution in [0.4, 0.5) is 4.39 Å². The third-order valence-electron chi connectivity index (χ3n) is 10.6. The molecule has 234 valence electrons. The molecule has 0 aliphatic heterocycles. The predicted octanol–water partition coefficient (Wildman–Crippen LogP) is 5.07. The molecule has 0 radical (unpaired) electrons. The standard InChI is InChI=1S/C33H44FN3O6/c1-4-42-31(40)33(14-15-35)12-8-22(9-13-33)43-26-17-23(25(41-3)18-24(26)34)29(38)37-28-21-7-6-20(16-21)27(28)30(39)36-19-32(2)10-5-11-32/h17-18,20-22,27-28H,4-14,16,19H2,1-3H3,(H,36,39)(H,37,38)/t20-,21+,22-,27+,28-,33-/m1/s1. The first-order chi connectivity index (χ1) is 20.6. The summed E-state index contributed by atoms with van der Waals surface area (Å²) in [6.07, 6.45) is 7.61. The Labute approximate surface area is 253 Å². The molecule has 0 unspecified atom stereocenters. The molecule has 10 heteroatoms. The average Bonchev–Trinajstić information content (AvgIpc) is 3.59. The van der Waals surface area contributed by atoms with Gasteiger partial charge < -0.3 is 24.8 Å². The second-order valence-electron chi connectivity index (χ2n) is 13.4. The molecule has 5 rings (SSSR count). The molecule has 0 saturated heterocycles. The van der Waals surface area contributed by atoms with Crippen LogP contribution in [0.1, 0.15) is 94.8 Å². The molecule has 0 aromatic heterocycles. The van der Waals surface area contributed by atoms with E-state index in [0.29, 0.717) is 32.2 Å². The van der Waals surface area contributed by atoms with Crippen LogP contribution in [0.15, 0.2) is 12.1 Å². The minimum absolute atomic E-state index is 0.00769. The average molecular weight is 598 g/mol. The molecule has 4 saturated carbocycles. The monoisotopic (exact) mass is 597 g/mol. The first-order valence-electron chi connectivity index (χ1n) is 15.8. The zero-order valence-electron chi connectivity index (χ0n) is 25.5. The van der Waals surface area contributed by atoms with Gasteiger partial charge in [-0.2, -0.15) is 5.26 Å². The molecule has 2 bridgehead atoms. The maximum Gasteiger partial charge on any atom is 0.313 e. The molecule has 2 N–H and O–H groups in total. The number of ether oxygens (including phenoxy) is 3. The zero-order chi connectivity index (χ0) is 30.8. The Bertz CT molecular complexity index is 1270. The number of hydrogen-bond donors (Lipinski definition) is 2. The quantitative estimate of drug-likeness (QED) is 0.341. The van der Waals surface area contributed by atoms with Gasteiger partial charge in [0.2, 0.25) is 5.91 Å². The highest BCUT2D eigenvalue weighted by Crippen LogP contribution is 2.49. The van der Waals surface area contributed by atoms with E-state index in [1.165, 1.54) is 19.6 Å². The lowest BCUT2D eigenvalue weighted by molar-refractivity contribution is -0.158. The number of fused-ring (bicyclic) bond motifs is 2. The van der Waals surface area contributed by atoms with Crippen LogP contribution in [-0.2, 0) is 14.3 Å². The number of hydrogen-bond acceptors (Lipinski definition) is 7. The van der Waals surface area contributed by atoms with Crippen LogP contribution in [0.25, 0.3) is 0 Å². The van der Waals surface area contributed by atoms with E-state index in [2.05, 4.69) is 23.6 Å². The first-order valence-corrected chi connectivity index (χ1v) is 15.8. The lowest BCUT2D eigenvalue weighted by atomic mass is 9.70. The summed E-state index contributed by atoms with van der Waals surface area (Å²) in [4.78, 5) is 39.6. The van der Waals surface area contributed by atoms with Gasteiger partial charge in [0.05, 0.1) is 49.2 Å². The second kappa shape index (κ2) is 12.7. The van der Waals surface area contributed by atoms with Gasteiger partial charge in [-0.25, -0.2) is 4.39 Å². The number of amides is 2. The molecule has 4 atom stereocenters. The third-order valence-corrected chi connectivity index (χ3v) is 10.6. The van der Waals surface area contributed by atoms with Crippen molar-refractivity contribution in [2.45, 2.75) is 96.6 Å². The Morgan fingerprint density at radius 3 is 2.42 bits per heavy atom. The summed E-state index contributed by atoms with van der Waals surface area (Å²) in [6.45, 7) is 4.83. The van der Waals surface area contributed by atoms with Crippen molar-refractivity contribution in [3.05, 3.63) is 23.5 Å². The van der Waals surface area contributed by atoms with E-state index in [1.54, 1.807) is 6.92 Å². The number of carbonyl (C=O) groups excluding carboxylic acids is 3. The van der Waals surface area contributed by atoms with E-state index in [9.17, 15) is 19.6 Å². The van der Waals surface area contributed by atoms with Crippen molar-refractivity contribution in [2.24, 2.45) is 28.6 Å². The number of rotatable bonds is 11. The molecular weight excluding hydrogens is 553 g/mol. The Balaban J connectivity index is 1.27. The Morgan fingerprint density at radius 1 is 1.07 bits per heavy atom. The number of halogens is 1. The van der Waals surface area contributed by atoms with Crippen LogP contribution in [0.2, 0.25) is 0 Å². The Morgan fingerprint density at radius 2 is 1.79 bits per heavy atom. The van der Waals surface area contributed by atoms with Crippen molar-refractivity contribution >= 4 is 17.8 Å². The summed E-state index contributed by atoms with van der Waals surface area (Å²) in [6, 6.07) is 4.33. The lowest BCUT2D eigenvalue weighted by Crippen LogP contribution is -2.51. The maximum absolute atomic E-state index is 15.1. The van der Waals surface area contributed by atoms with Gasteiger partial charge in [0, 0.05) is 18.7 Å². The van der Waals surface area contributed by atoms with Crippen LogP contribution in [0.5, 0.6) is 11.5 Å². The van der Waals surface area contributed by atoms with Gasteiger partial charge in [0.15, 0.2) is 11.6 Å². The number of esters is 1. The molecule has 9 nitrogen and oxygen atoms in total. The van der Waals surface area contributed by atoms with Gasteiger partial charge in [-0.05, 0) is 88.0 Å². The number of carbonyl (C=O) groups is 3. The SMILES string of the molecule is CCOC(=O)[C@]1(CC#N)CC[C@@H](Oc2cc(C(=O)N[C@@H]3[C@H]4CC[C@H](C4)[C@@H]3C(=O)NCC3(C)CCC3)c(OC)cc2F)CC1. The van der Waals surface area contributed by atoms with Crippen LogP contribution >= 0.6 is 0 Å².